The maximum Gasteiger partial charge on any atom is 0.233 e. The minimum absolute atomic E-state index is 0.00509. The summed E-state index contributed by atoms with van der Waals surface area (Å²) in [7, 11) is 1.56. The van der Waals surface area contributed by atoms with E-state index < -0.39 is 0 Å². The fourth-order valence-electron chi connectivity index (χ4n) is 0.951. The molecule has 15 heavy (non-hydrogen) atoms. The van der Waals surface area contributed by atoms with Crippen molar-refractivity contribution in [1.82, 2.24) is 9.97 Å². The van der Waals surface area contributed by atoms with Crippen molar-refractivity contribution in [3.05, 3.63) is 12.4 Å². The van der Waals surface area contributed by atoms with E-state index in [0.29, 0.717) is 11.7 Å². The highest BCUT2D eigenvalue weighted by molar-refractivity contribution is 5.36. The zero-order valence-electron chi connectivity index (χ0n) is 9.61. The van der Waals surface area contributed by atoms with Crippen LogP contribution in [0.2, 0.25) is 0 Å². The van der Waals surface area contributed by atoms with Crippen molar-refractivity contribution in [2.24, 2.45) is 5.73 Å². The number of rotatable bonds is 4. The van der Waals surface area contributed by atoms with Crippen molar-refractivity contribution in [1.29, 1.82) is 0 Å². The zero-order chi connectivity index (χ0) is 11.5. The average Bonchev–Trinajstić information content (AvgIpc) is 2.17. The van der Waals surface area contributed by atoms with Gasteiger partial charge in [0.25, 0.3) is 0 Å². The summed E-state index contributed by atoms with van der Waals surface area (Å²) >= 11 is 0. The number of ether oxygens (including phenoxy) is 1. The fourth-order valence-corrected chi connectivity index (χ4v) is 0.951. The van der Waals surface area contributed by atoms with Gasteiger partial charge in [-0.2, -0.15) is 4.98 Å². The maximum absolute atomic E-state index is 5.85. The first-order chi connectivity index (χ1) is 6.95. The number of methoxy groups -OCH3 is 1. The molecule has 0 saturated carbocycles. The lowest BCUT2D eigenvalue weighted by Gasteiger charge is -2.30. The third-order valence-electron chi connectivity index (χ3n) is 2.41. The molecule has 0 aliphatic heterocycles. The van der Waals surface area contributed by atoms with Gasteiger partial charge in [-0.1, -0.05) is 0 Å². The molecule has 1 aromatic rings. The summed E-state index contributed by atoms with van der Waals surface area (Å²) in [4.78, 5) is 8.22. The first-order valence-electron chi connectivity index (χ1n) is 4.85. The van der Waals surface area contributed by atoms with Crippen LogP contribution in [0, 0.1) is 0 Å². The largest absolute Gasteiger partial charge is 0.480 e. The van der Waals surface area contributed by atoms with E-state index in [9.17, 15) is 0 Å². The summed E-state index contributed by atoms with van der Waals surface area (Å²) in [6.45, 7) is 5.97. The Morgan fingerprint density at radius 3 is 2.67 bits per heavy atom. The Labute approximate surface area is 90.1 Å². The van der Waals surface area contributed by atoms with E-state index in [1.807, 2.05) is 20.8 Å². The maximum atomic E-state index is 5.85. The molecular weight excluding hydrogens is 192 g/mol. The van der Waals surface area contributed by atoms with Crippen molar-refractivity contribution in [2.75, 3.05) is 12.4 Å². The Hall–Kier alpha value is -1.36. The third kappa shape index (κ3) is 3.06. The number of anilines is 1. The molecule has 0 fully saturated rings. The molecule has 0 saturated heterocycles. The van der Waals surface area contributed by atoms with E-state index in [4.69, 9.17) is 10.5 Å². The molecule has 0 aromatic carbocycles. The van der Waals surface area contributed by atoms with Crippen LogP contribution in [0.25, 0.3) is 0 Å². The van der Waals surface area contributed by atoms with Gasteiger partial charge in [-0.25, -0.2) is 0 Å². The average molecular weight is 210 g/mol. The van der Waals surface area contributed by atoms with Crippen molar-refractivity contribution in [2.45, 2.75) is 32.4 Å². The van der Waals surface area contributed by atoms with Crippen molar-refractivity contribution in [3.8, 4) is 5.88 Å². The minimum atomic E-state index is -0.235. The van der Waals surface area contributed by atoms with Gasteiger partial charge in [0, 0.05) is 11.6 Å². The zero-order valence-corrected chi connectivity index (χ0v) is 9.61. The first kappa shape index (κ1) is 11.7. The van der Waals surface area contributed by atoms with Crippen LogP contribution in [-0.4, -0.2) is 28.7 Å². The van der Waals surface area contributed by atoms with E-state index in [-0.39, 0.29) is 11.6 Å². The summed E-state index contributed by atoms with van der Waals surface area (Å²) in [6.07, 6.45) is 3.21. The van der Waals surface area contributed by atoms with E-state index in [1.54, 1.807) is 19.5 Å². The highest BCUT2D eigenvalue weighted by Gasteiger charge is 2.22. The standard InChI is InChI=1S/C10H18N4O/c1-7(11)10(2,3)14-8-5-12-6-9(13-8)15-4/h5-7H,11H2,1-4H3,(H,13,14). The molecule has 0 radical (unpaired) electrons. The second kappa shape index (κ2) is 4.44. The van der Waals surface area contributed by atoms with Gasteiger partial charge >= 0.3 is 0 Å². The lowest BCUT2D eigenvalue weighted by Crippen LogP contribution is -2.47. The van der Waals surface area contributed by atoms with Gasteiger partial charge in [-0.05, 0) is 20.8 Å². The van der Waals surface area contributed by atoms with Crippen molar-refractivity contribution < 1.29 is 4.74 Å². The fraction of sp³-hybridized carbons (Fsp3) is 0.600. The monoisotopic (exact) mass is 210 g/mol. The molecule has 5 nitrogen and oxygen atoms in total. The Balaban J connectivity index is 2.80. The van der Waals surface area contributed by atoms with Crippen LogP contribution in [0.15, 0.2) is 12.4 Å². The molecule has 0 bridgehead atoms. The molecule has 0 aliphatic rings. The molecule has 1 atom stereocenters. The summed E-state index contributed by atoms with van der Waals surface area (Å²) in [5.41, 5.74) is 5.61. The van der Waals surface area contributed by atoms with Gasteiger partial charge in [0.05, 0.1) is 19.5 Å². The highest BCUT2D eigenvalue weighted by atomic mass is 16.5. The molecular formula is C10H18N4O. The van der Waals surface area contributed by atoms with Gasteiger partial charge in [-0.15, -0.1) is 0 Å². The van der Waals surface area contributed by atoms with E-state index in [1.165, 1.54) is 0 Å². The summed E-state index contributed by atoms with van der Waals surface area (Å²) in [6, 6.07) is 0.00509. The van der Waals surface area contributed by atoms with Crippen molar-refractivity contribution >= 4 is 5.82 Å². The number of nitrogens with two attached hydrogens (primary N) is 1. The highest BCUT2D eigenvalue weighted by Crippen LogP contribution is 2.16. The predicted molar refractivity (Wildman–Crippen MR) is 59.9 cm³/mol. The molecule has 1 aromatic heterocycles. The molecule has 1 unspecified atom stereocenters. The third-order valence-corrected chi connectivity index (χ3v) is 2.41. The lowest BCUT2D eigenvalue weighted by molar-refractivity contribution is 0.395. The normalized spacial score (nSPS) is 13.4. The van der Waals surface area contributed by atoms with Gasteiger partial charge in [0.1, 0.15) is 5.82 Å². The Kier molecular flexibility index (Phi) is 3.47. The second-order valence-corrected chi connectivity index (χ2v) is 4.08. The van der Waals surface area contributed by atoms with Gasteiger partial charge in [0.15, 0.2) is 0 Å². The van der Waals surface area contributed by atoms with Gasteiger partial charge in [-0.3, -0.25) is 4.98 Å². The number of nitrogens with one attached hydrogen (secondary N) is 1. The number of hydrogen-bond acceptors (Lipinski definition) is 5. The number of aromatic nitrogens is 2. The molecule has 0 amide bonds. The van der Waals surface area contributed by atoms with Crippen molar-refractivity contribution in [3.63, 3.8) is 0 Å². The molecule has 0 aliphatic carbocycles. The van der Waals surface area contributed by atoms with Crippen LogP contribution < -0.4 is 15.8 Å². The minimum Gasteiger partial charge on any atom is -0.480 e. The van der Waals surface area contributed by atoms with Crippen LogP contribution in [0.5, 0.6) is 5.88 Å². The molecule has 5 heteroatoms. The van der Waals surface area contributed by atoms with E-state index >= 15 is 0 Å². The van der Waals surface area contributed by atoms with Gasteiger partial charge < -0.3 is 15.8 Å². The van der Waals surface area contributed by atoms with Crippen LogP contribution in [0.4, 0.5) is 5.82 Å². The Bertz CT molecular complexity index is 325. The van der Waals surface area contributed by atoms with Crippen LogP contribution in [0.1, 0.15) is 20.8 Å². The molecule has 84 valence electrons. The quantitative estimate of drug-likeness (QED) is 0.776. The van der Waals surface area contributed by atoms with Crippen LogP contribution in [-0.2, 0) is 0 Å². The molecule has 0 spiro atoms. The smallest absolute Gasteiger partial charge is 0.233 e. The second-order valence-electron chi connectivity index (χ2n) is 4.08. The molecule has 1 heterocycles. The SMILES string of the molecule is COc1cncc(NC(C)(C)C(C)N)n1. The molecule has 3 N–H and O–H groups in total. The number of hydrogen-bond donors (Lipinski definition) is 2. The molecule has 1 rings (SSSR count). The van der Waals surface area contributed by atoms with Crippen LogP contribution >= 0.6 is 0 Å². The predicted octanol–water partition coefficient (Wildman–Crippen LogP) is 1.02. The van der Waals surface area contributed by atoms with E-state index in [2.05, 4.69) is 15.3 Å². The van der Waals surface area contributed by atoms with Gasteiger partial charge in [0.2, 0.25) is 5.88 Å². The first-order valence-corrected chi connectivity index (χ1v) is 4.85. The lowest BCUT2D eigenvalue weighted by atomic mass is 9.97. The van der Waals surface area contributed by atoms with Crippen LogP contribution in [0.3, 0.4) is 0 Å². The Morgan fingerprint density at radius 2 is 2.13 bits per heavy atom. The Morgan fingerprint density at radius 1 is 1.47 bits per heavy atom. The summed E-state index contributed by atoms with van der Waals surface area (Å²) in [5.74, 6) is 1.15. The summed E-state index contributed by atoms with van der Waals surface area (Å²) < 4.78 is 4.98. The topological polar surface area (TPSA) is 73.1 Å². The number of nitrogens with zero attached hydrogens (tertiary/aromatic N) is 2. The van der Waals surface area contributed by atoms with E-state index in [0.717, 1.165) is 0 Å². The summed E-state index contributed by atoms with van der Waals surface area (Å²) in [5, 5.41) is 3.21.